The average Bonchev–Trinajstić information content (AvgIpc) is 2.78. The Morgan fingerprint density at radius 2 is 2.18 bits per heavy atom. The number of hydrogen-bond donors (Lipinski definition) is 2. The number of nitrogens with zero attached hydrogens (tertiary/aromatic N) is 2. The number of nitrogens with two attached hydrogens (primary N) is 1. The number of piperidine rings is 1. The Kier molecular flexibility index (Phi) is 3.10. The van der Waals surface area contributed by atoms with Crippen LogP contribution in [0.15, 0.2) is 12.3 Å². The van der Waals surface area contributed by atoms with Crippen molar-refractivity contribution >= 4 is 11.6 Å². The molecule has 1 aromatic rings. The summed E-state index contributed by atoms with van der Waals surface area (Å²) in [5.41, 5.74) is 5.91. The fraction of sp³-hybridized carbons (Fsp3) is 0.500. The zero-order valence-electron chi connectivity index (χ0n) is 9.26. The van der Waals surface area contributed by atoms with Gasteiger partial charge in [-0.15, -0.1) is 0 Å². The van der Waals surface area contributed by atoms with E-state index in [0.29, 0.717) is 13.1 Å². The first-order valence-corrected chi connectivity index (χ1v) is 5.45. The molecule has 7 nitrogen and oxygen atoms in total. The standard InChI is InChI=1S/C10H14N4O3/c11-7-1-3-13(4-2-7)10(15)9-5-8(6-12-9)14(16)17/h5-7,12H,1-4,11H2. The number of aromatic amines is 1. The summed E-state index contributed by atoms with van der Waals surface area (Å²) in [5.74, 6) is -0.204. The van der Waals surface area contributed by atoms with Gasteiger partial charge < -0.3 is 15.6 Å². The highest BCUT2D eigenvalue weighted by Crippen LogP contribution is 2.16. The van der Waals surface area contributed by atoms with Crippen LogP contribution in [0, 0.1) is 10.1 Å². The van der Waals surface area contributed by atoms with Crippen LogP contribution < -0.4 is 5.73 Å². The molecule has 0 aromatic carbocycles. The van der Waals surface area contributed by atoms with Gasteiger partial charge in [0.05, 0.1) is 11.1 Å². The third-order valence-electron chi connectivity index (χ3n) is 2.94. The first-order valence-electron chi connectivity index (χ1n) is 5.45. The van der Waals surface area contributed by atoms with E-state index in [1.165, 1.54) is 12.3 Å². The molecule has 1 aliphatic rings. The summed E-state index contributed by atoms with van der Waals surface area (Å²) in [5, 5.41) is 10.5. The molecule has 0 aliphatic carbocycles. The van der Waals surface area contributed by atoms with Crippen LogP contribution in [0.1, 0.15) is 23.3 Å². The quantitative estimate of drug-likeness (QED) is 0.577. The smallest absolute Gasteiger partial charge is 0.287 e. The Morgan fingerprint density at radius 1 is 1.53 bits per heavy atom. The number of likely N-dealkylation sites (tertiary alicyclic amines) is 1. The summed E-state index contributed by atoms with van der Waals surface area (Å²) in [4.78, 5) is 26.2. The lowest BCUT2D eigenvalue weighted by molar-refractivity contribution is -0.384. The van der Waals surface area contributed by atoms with Crippen molar-refractivity contribution in [1.29, 1.82) is 0 Å². The van der Waals surface area contributed by atoms with Gasteiger partial charge in [0.25, 0.3) is 11.6 Å². The van der Waals surface area contributed by atoms with E-state index < -0.39 is 4.92 Å². The normalized spacial score (nSPS) is 17.1. The number of carbonyl (C=O) groups is 1. The van der Waals surface area contributed by atoms with Crippen LogP contribution in [0.3, 0.4) is 0 Å². The second-order valence-corrected chi connectivity index (χ2v) is 4.16. The van der Waals surface area contributed by atoms with Crippen molar-refractivity contribution in [3.63, 3.8) is 0 Å². The molecule has 2 rings (SSSR count). The van der Waals surface area contributed by atoms with Crippen molar-refractivity contribution in [3.8, 4) is 0 Å². The van der Waals surface area contributed by atoms with E-state index in [2.05, 4.69) is 4.98 Å². The van der Waals surface area contributed by atoms with Gasteiger partial charge in [-0.2, -0.15) is 0 Å². The first-order chi connectivity index (χ1) is 8.08. The van der Waals surface area contributed by atoms with Crippen LogP contribution in [-0.4, -0.2) is 39.8 Å². The van der Waals surface area contributed by atoms with E-state index in [4.69, 9.17) is 5.73 Å². The first kappa shape index (κ1) is 11.6. The molecular weight excluding hydrogens is 224 g/mol. The highest BCUT2D eigenvalue weighted by Gasteiger charge is 2.23. The van der Waals surface area contributed by atoms with Crippen molar-refractivity contribution in [1.82, 2.24) is 9.88 Å². The largest absolute Gasteiger partial charge is 0.351 e. The molecule has 2 heterocycles. The minimum Gasteiger partial charge on any atom is -0.351 e. The summed E-state index contributed by atoms with van der Waals surface area (Å²) in [6, 6.07) is 1.41. The summed E-state index contributed by atoms with van der Waals surface area (Å²) in [6.45, 7) is 1.21. The maximum Gasteiger partial charge on any atom is 0.287 e. The summed E-state index contributed by atoms with van der Waals surface area (Å²) in [6.07, 6.45) is 2.77. The Bertz CT molecular complexity index is 435. The van der Waals surface area contributed by atoms with Gasteiger partial charge >= 0.3 is 0 Å². The molecule has 0 unspecified atom stereocenters. The Labute approximate surface area is 97.7 Å². The predicted molar refractivity (Wildman–Crippen MR) is 60.6 cm³/mol. The van der Waals surface area contributed by atoms with E-state index in [0.717, 1.165) is 12.8 Å². The Morgan fingerprint density at radius 3 is 2.71 bits per heavy atom. The lowest BCUT2D eigenvalue weighted by atomic mass is 10.1. The van der Waals surface area contributed by atoms with E-state index in [-0.39, 0.29) is 23.3 Å². The molecule has 7 heteroatoms. The maximum atomic E-state index is 12.0. The van der Waals surface area contributed by atoms with E-state index >= 15 is 0 Å². The number of aromatic nitrogens is 1. The third-order valence-corrected chi connectivity index (χ3v) is 2.94. The van der Waals surface area contributed by atoms with E-state index in [1.807, 2.05) is 0 Å². The predicted octanol–water partition coefficient (Wildman–Crippen LogP) is 0.486. The summed E-state index contributed by atoms with van der Waals surface area (Å²) >= 11 is 0. The van der Waals surface area contributed by atoms with Gasteiger partial charge in [-0.1, -0.05) is 0 Å². The molecule has 1 saturated heterocycles. The SMILES string of the molecule is NC1CCN(C(=O)c2cc([N+](=O)[O-])c[nH]2)CC1. The monoisotopic (exact) mass is 238 g/mol. The summed E-state index contributed by atoms with van der Waals surface area (Å²) < 4.78 is 0. The van der Waals surface area contributed by atoms with Crippen LogP contribution in [0.25, 0.3) is 0 Å². The van der Waals surface area contributed by atoms with Gasteiger partial charge in [-0.3, -0.25) is 14.9 Å². The van der Waals surface area contributed by atoms with Crippen molar-refractivity contribution in [2.24, 2.45) is 5.73 Å². The van der Waals surface area contributed by atoms with Gasteiger partial charge in [0, 0.05) is 25.2 Å². The van der Waals surface area contributed by atoms with Gasteiger partial charge in [0.2, 0.25) is 0 Å². The number of nitrogens with one attached hydrogen (secondary N) is 1. The fourth-order valence-corrected chi connectivity index (χ4v) is 1.88. The highest BCUT2D eigenvalue weighted by molar-refractivity contribution is 5.93. The molecule has 1 amide bonds. The van der Waals surface area contributed by atoms with Crippen LogP contribution in [-0.2, 0) is 0 Å². The molecule has 0 saturated carbocycles. The van der Waals surface area contributed by atoms with Crippen molar-refractivity contribution < 1.29 is 9.72 Å². The van der Waals surface area contributed by atoms with Crippen molar-refractivity contribution in [2.45, 2.75) is 18.9 Å². The lowest BCUT2D eigenvalue weighted by Gasteiger charge is -2.29. The molecule has 1 aromatic heterocycles. The number of carbonyl (C=O) groups excluding carboxylic acids is 1. The number of rotatable bonds is 2. The van der Waals surface area contributed by atoms with Gasteiger partial charge in [-0.25, -0.2) is 0 Å². The van der Waals surface area contributed by atoms with Crippen molar-refractivity contribution in [2.75, 3.05) is 13.1 Å². The zero-order chi connectivity index (χ0) is 12.4. The van der Waals surface area contributed by atoms with Crippen LogP contribution >= 0.6 is 0 Å². The van der Waals surface area contributed by atoms with Gasteiger partial charge in [-0.05, 0) is 12.8 Å². The molecule has 92 valence electrons. The number of hydrogen-bond acceptors (Lipinski definition) is 4. The molecule has 0 bridgehead atoms. The molecule has 1 aliphatic heterocycles. The Balaban J connectivity index is 2.06. The molecule has 1 fully saturated rings. The third kappa shape index (κ3) is 2.44. The van der Waals surface area contributed by atoms with Gasteiger partial charge in [0.1, 0.15) is 5.69 Å². The molecule has 17 heavy (non-hydrogen) atoms. The number of amides is 1. The minimum absolute atomic E-state index is 0.0953. The lowest BCUT2D eigenvalue weighted by Crippen LogP contribution is -2.42. The fourth-order valence-electron chi connectivity index (χ4n) is 1.88. The number of H-pyrrole nitrogens is 1. The van der Waals surface area contributed by atoms with Crippen LogP contribution in [0.2, 0.25) is 0 Å². The van der Waals surface area contributed by atoms with Crippen LogP contribution in [0.4, 0.5) is 5.69 Å². The minimum atomic E-state index is -0.528. The molecule has 0 atom stereocenters. The zero-order valence-corrected chi connectivity index (χ0v) is 9.26. The second kappa shape index (κ2) is 4.54. The summed E-state index contributed by atoms with van der Waals surface area (Å²) in [7, 11) is 0. The average molecular weight is 238 g/mol. The highest BCUT2D eigenvalue weighted by atomic mass is 16.6. The van der Waals surface area contributed by atoms with E-state index in [9.17, 15) is 14.9 Å². The second-order valence-electron chi connectivity index (χ2n) is 4.16. The maximum absolute atomic E-state index is 12.0. The van der Waals surface area contributed by atoms with Crippen molar-refractivity contribution in [3.05, 3.63) is 28.1 Å². The van der Waals surface area contributed by atoms with Gasteiger partial charge in [0.15, 0.2) is 0 Å². The molecular formula is C10H14N4O3. The van der Waals surface area contributed by atoms with E-state index in [1.54, 1.807) is 4.90 Å². The molecule has 0 radical (unpaired) electrons. The number of nitro groups is 1. The Hall–Kier alpha value is -1.89. The van der Waals surface area contributed by atoms with Crippen LogP contribution in [0.5, 0.6) is 0 Å². The topological polar surface area (TPSA) is 105 Å². The molecule has 0 spiro atoms. The molecule has 3 N–H and O–H groups in total.